The molecule has 2 rings (SSSR count). The van der Waals surface area contributed by atoms with Gasteiger partial charge >= 0.3 is 6.18 Å². The lowest BCUT2D eigenvalue weighted by molar-refractivity contribution is -0.181. The Bertz CT molecular complexity index is 583. The topological polar surface area (TPSA) is 43.8 Å². The first-order valence-corrected chi connectivity index (χ1v) is 9.13. The average Bonchev–Trinajstić information content (AvgIpc) is 2.61. The molecule has 1 fully saturated rings. The van der Waals surface area contributed by atoms with Gasteiger partial charge in [0.25, 0.3) is 0 Å². The Hall–Kier alpha value is -1.54. The summed E-state index contributed by atoms with van der Waals surface area (Å²) in [5.41, 5.74) is 1.04. The Labute approximate surface area is 157 Å². The molecule has 1 saturated heterocycles. The maximum Gasteiger partial charge on any atom is 0.403 e. The number of hydrogen-bond donors (Lipinski definition) is 1. The third kappa shape index (κ3) is 6.02. The third-order valence-corrected chi connectivity index (χ3v) is 4.64. The number of halogens is 4. The molecule has 5 nitrogen and oxygen atoms in total. The van der Waals surface area contributed by atoms with E-state index in [1.165, 1.54) is 11.8 Å². The maximum absolute atomic E-state index is 12.9. The van der Waals surface area contributed by atoms with Crippen LogP contribution in [-0.4, -0.2) is 72.2 Å². The molecule has 1 aromatic rings. The number of aliphatic imine (C=N–C) groups is 1. The zero-order valence-electron chi connectivity index (χ0n) is 15.1. The Morgan fingerprint density at radius 3 is 2.54 bits per heavy atom. The highest BCUT2D eigenvalue weighted by Gasteiger charge is 2.41. The van der Waals surface area contributed by atoms with Crippen molar-refractivity contribution in [3.8, 4) is 0 Å². The monoisotopic (exact) mass is 391 g/mol. The van der Waals surface area contributed by atoms with Crippen LogP contribution >= 0.6 is 11.6 Å². The van der Waals surface area contributed by atoms with Crippen LogP contribution in [0.2, 0.25) is 5.15 Å². The molecule has 2 heterocycles. The summed E-state index contributed by atoms with van der Waals surface area (Å²) in [5, 5.41) is 3.68. The average molecular weight is 392 g/mol. The molecule has 9 heteroatoms. The summed E-state index contributed by atoms with van der Waals surface area (Å²) >= 11 is 5.77. The molecule has 146 valence electrons. The minimum atomic E-state index is -4.19. The highest BCUT2D eigenvalue weighted by atomic mass is 35.5. The van der Waals surface area contributed by atoms with Crippen molar-refractivity contribution in [1.29, 1.82) is 0 Å². The molecule has 0 spiro atoms. The number of piperazine rings is 1. The van der Waals surface area contributed by atoms with Crippen LogP contribution in [0.25, 0.3) is 0 Å². The lowest BCUT2D eigenvalue weighted by atomic mass is 10.2. The number of rotatable bonds is 5. The third-order valence-electron chi connectivity index (χ3n) is 4.42. The number of pyridine rings is 1. The predicted octanol–water partition coefficient (Wildman–Crippen LogP) is 2.81. The van der Waals surface area contributed by atoms with Gasteiger partial charge in [-0.2, -0.15) is 13.2 Å². The zero-order chi connectivity index (χ0) is 19.2. The number of alkyl halides is 3. The van der Waals surface area contributed by atoms with E-state index < -0.39 is 12.2 Å². The Morgan fingerprint density at radius 2 is 2.00 bits per heavy atom. The summed E-state index contributed by atoms with van der Waals surface area (Å²) in [4.78, 5) is 12.1. The van der Waals surface area contributed by atoms with E-state index in [2.05, 4.69) is 15.3 Å². The molecule has 1 aliphatic heterocycles. The largest absolute Gasteiger partial charge is 0.403 e. The van der Waals surface area contributed by atoms with Gasteiger partial charge in [-0.25, -0.2) is 4.98 Å². The van der Waals surface area contributed by atoms with Crippen LogP contribution in [0.5, 0.6) is 0 Å². The van der Waals surface area contributed by atoms with Gasteiger partial charge in [-0.1, -0.05) is 17.7 Å². The van der Waals surface area contributed by atoms with E-state index in [1.807, 2.05) is 17.9 Å². The lowest BCUT2D eigenvalue weighted by Gasteiger charge is -2.39. The Morgan fingerprint density at radius 1 is 1.31 bits per heavy atom. The number of nitrogens with one attached hydrogen (secondary N) is 1. The minimum absolute atomic E-state index is 0.367. The van der Waals surface area contributed by atoms with E-state index in [0.29, 0.717) is 44.4 Å². The van der Waals surface area contributed by atoms with Gasteiger partial charge in [0.15, 0.2) is 5.96 Å². The summed E-state index contributed by atoms with van der Waals surface area (Å²) in [6.45, 7) is 6.25. The summed E-state index contributed by atoms with van der Waals surface area (Å²) in [7, 11) is 0. The summed E-state index contributed by atoms with van der Waals surface area (Å²) in [5.74, 6) is 0.744. The fraction of sp³-hybridized carbons (Fsp3) is 0.647. The van der Waals surface area contributed by atoms with E-state index in [4.69, 9.17) is 11.6 Å². The molecule has 0 saturated carbocycles. The molecule has 26 heavy (non-hydrogen) atoms. The van der Waals surface area contributed by atoms with E-state index in [9.17, 15) is 13.2 Å². The molecule has 1 aromatic heterocycles. The van der Waals surface area contributed by atoms with Crippen LogP contribution in [0, 0.1) is 0 Å². The van der Waals surface area contributed by atoms with Gasteiger partial charge in [-0.3, -0.25) is 9.89 Å². The Balaban J connectivity index is 1.90. The highest BCUT2D eigenvalue weighted by Crippen LogP contribution is 2.25. The fourth-order valence-corrected chi connectivity index (χ4v) is 2.91. The second-order valence-corrected chi connectivity index (χ2v) is 6.60. The van der Waals surface area contributed by atoms with Gasteiger partial charge in [-0.05, 0) is 31.9 Å². The van der Waals surface area contributed by atoms with Crippen LogP contribution in [0.15, 0.2) is 23.3 Å². The molecular weight excluding hydrogens is 367 g/mol. The van der Waals surface area contributed by atoms with Crippen molar-refractivity contribution in [3.05, 3.63) is 29.0 Å². The summed E-state index contributed by atoms with van der Waals surface area (Å²) in [6, 6.07) is 2.24. The normalized spacial score (nSPS) is 18.1. The molecule has 1 unspecified atom stereocenters. The number of guanidine groups is 1. The first kappa shape index (κ1) is 20.8. The minimum Gasteiger partial charge on any atom is -0.357 e. The lowest BCUT2D eigenvalue weighted by Crippen LogP contribution is -2.56. The standard InChI is InChI=1S/C17H25ClF3N5/c1-3-22-16(23-7-6-14-4-5-15(18)24-12-14)26-10-8-25(9-11-26)13(2)17(19,20)21/h4-5,12-13H,3,6-11H2,1-2H3,(H,22,23). The molecule has 0 aromatic carbocycles. The highest BCUT2D eigenvalue weighted by molar-refractivity contribution is 6.29. The van der Waals surface area contributed by atoms with Crippen molar-refractivity contribution in [2.45, 2.75) is 32.5 Å². The second kappa shape index (κ2) is 9.41. The first-order valence-electron chi connectivity index (χ1n) is 8.75. The van der Waals surface area contributed by atoms with Crippen molar-refractivity contribution in [3.63, 3.8) is 0 Å². The molecule has 0 radical (unpaired) electrons. The SMILES string of the molecule is CCNC(=NCCc1ccc(Cl)nc1)N1CCN(C(C)C(F)(F)F)CC1. The molecule has 1 aliphatic rings. The van der Waals surface area contributed by atoms with Crippen LogP contribution in [0.3, 0.4) is 0 Å². The van der Waals surface area contributed by atoms with Gasteiger partial charge in [0.1, 0.15) is 11.2 Å². The van der Waals surface area contributed by atoms with Crippen molar-refractivity contribution in [2.75, 3.05) is 39.3 Å². The van der Waals surface area contributed by atoms with Crippen molar-refractivity contribution < 1.29 is 13.2 Å². The number of aromatic nitrogens is 1. The Kier molecular flexibility index (Phi) is 7.52. The summed E-state index contributed by atoms with van der Waals surface area (Å²) < 4.78 is 38.6. The number of hydrogen-bond acceptors (Lipinski definition) is 3. The molecule has 1 atom stereocenters. The van der Waals surface area contributed by atoms with Gasteiger partial charge in [0.2, 0.25) is 0 Å². The predicted molar refractivity (Wildman–Crippen MR) is 97.6 cm³/mol. The van der Waals surface area contributed by atoms with Crippen LogP contribution < -0.4 is 5.32 Å². The second-order valence-electron chi connectivity index (χ2n) is 6.22. The van der Waals surface area contributed by atoms with Crippen molar-refractivity contribution in [1.82, 2.24) is 20.1 Å². The molecule has 1 N–H and O–H groups in total. The molecule has 0 aliphatic carbocycles. The van der Waals surface area contributed by atoms with Gasteiger partial charge in [0, 0.05) is 45.5 Å². The van der Waals surface area contributed by atoms with Crippen molar-refractivity contribution >= 4 is 17.6 Å². The summed E-state index contributed by atoms with van der Waals surface area (Å²) in [6.07, 6.45) is -1.74. The van der Waals surface area contributed by atoms with E-state index in [-0.39, 0.29) is 0 Å². The van der Waals surface area contributed by atoms with Gasteiger partial charge < -0.3 is 10.2 Å². The van der Waals surface area contributed by atoms with Crippen LogP contribution in [-0.2, 0) is 6.42 Å². The van der Waals surface area contributed by atoms with Crippen LogP contribution in [0.1, 0.15) is 19.4 Å². The maximum atomic E-state index is 12.9. The van der Waals surface area contributed by atoms with Crippen LogP contribution in [0.4, 0.5) is 13.2 Å². The van der Waals surface area contributed by atoms with Gasteiger partial charge in [-0.15, -0.1) is 0 Å². The smallest absolute Gasteiger partial charge is 0.357 e. The first-order chi connectivity index (χ1) is 12.3. The van der Waals surface area contributed by atoms with E-state index in [1.54, 1.807) is 12.3 Å². The molecular formula is C17H25ClF3N5. The fourth-order valence-electron chi connectivity index (χ4n) is 2.80. The number of nitrogens with zero attached hydrogens (tertiary/aromatic N) is 4. The zero-order valence-corrected chi connectivity index (χ0v) is 15.8. The van der Waals surface area contributed by atoms with Crippen molar-refractivity contribution in [2.24, 2.45) is 4.99 Å². The molecule has 0 amide bonds. The van der Waals surface area contributed by atoms with E-state index in [0.717, 1.165) is 17.9 Å². The van der Waals surface area contributed by atoms with E-state index >= 15 is 0 Å². The molecule has 0 bridgehead atoms. The quantitative estimate of drug-likeness (QED) is 0.476. The van der Waals surface area contributed by atoms with Gasteiger partial charge in [0.05, 0.1) is 0 Å².